The van der Waals surface area contributed by atoms with Crippen LogP contribution in [-0.4, -0.2) is 63.1 Å². The van der Waals surface area contributed by atoms with Crippen molar-refractivity contribution in [3.05, 3.63) is 63.2 Å². The third-order valence-corrected chi connectivity index (χ3v) is 6.34. The van der Waals surface area contributed by atoms with Crippen LogP contribution in [0.1, 0.15) is 12.5 Å². The Morgan fingerprint density at radius 3 is 2.44 bits per heavy atom. The average Bonchev–Trinajstić information content (AvgIpc) is 2.78. The second-order valence-corrected chi connectivity index (χ2v) is 9.67. The van der Waals surface area contributed by atoms with Crippen molar-refractivity contribution < 1.29 is 27.7 Å². The molecule has 0 heterocycles. The van der Waals surface area contributed by atoms with Gasteiger partial charge in [0.2, 0.25) is 21.8 Å². The van der Waals surface area contributed by atoms with Gasteiger partial charge in [-0.15, -0.1) is 0 Å². The summed E-state index contributed by atoms with van der Waals surface area (Å²) in [4.78, 5) is 37.5. The van der Waals surface area contributed by atoms with Crippen molar-refractivity contribution in [1.82, 2.24) is 10.2 Å². The predicted octanol–water partition coefficient (Wildman–Crippen LogP) is 2.19. The van der Waals surface area contributed by atoms with E-state index in [1.165, 1.54) is 32.0 Å². The van der Waals surface area contributed by atoms with Gasteiger partial charge in [0.1, 0.15) is 24.0 Å². The molecule has 13 heteroatoms. The van der Waals surface area contributed by atoms with Crippen molar-refractivity contribution >= 4 is 44.8 Å². The minimum atomic E-state index is -4.09. The van der Waals surface area contributed by atoms with E-state index in [0.717, 1.165) is 18.4 Å². The number of nitrogens with zero attached hydrogens (tertiary/aromatic N) is 3. The molecule has 0 bridgehead atoms. The predicted molar refractivity (Wildman–Crippen MR) is 127 cm³/mol. The lowest BCUT2D eigenvalue weighted by Gasteiger charge is -2.31. The Labute approximate surface area is 202 Å². The van der Waals surface area contributed by atoms with Crippen LogP contribution in [0.25, 0.3) is 0 Å². The second-order valence-electron chi connectivity index (χ2n) is 7.32. The number of nitrogens with one attached hydrogen (secondary N) is 1. The highest BCUT2D eigenvalue weighted by atomic mass is 35.5. The zero-order valence-electron chi connectivity index (χ0n) is 19.0. The number of rotatable bonds is 10. The average molecular weight is 513 g/mol. The van der Waals surface area contributed by atoms with E-state index >= 15 is 0 Å². The fraction of sp³-hybridized carbons (Fsp3) is 0.333. The topological polar surface area (TPSA) is 139 Å². The summed E-state index contributed by atoms with van der Waals surface area (Å²) in [6, 6.07) is 9.12. The first-order valence-corrected chi connectivity index (χ1v) is 12.2. The molecule has 2 aromatic carbocycles. The molecule has 1 unspecified atom stereocenters. The number of hydrogen-bond donors (Lipinski definition) is 1. The lowest BCUT2D eigenvalue weighted by atomic mass is 10.1. The van der Waals surface area contributed by atoms with Gasteiger partial charge in [-0.1, -0.05) is 23.7 Å². The minimum absolute atomic E-state index is 0.0181. The van der Waals surface area contributed by atoms with Crippen LogP contribution in [0, 0.1) is 10.1 Å². The second kappa shape index (κ2) is 11.2. The Morgan fingerprint density at radius 1 is 1.24 bits per heavy atom. The number of sulfonamides is 1. The number of ether oxygens (including phenoxy) is 1. The van der Waals surface area contributed by atoms with Crippen LogP contribution in [0.2, 0.25) is 5.02 Å². The van der Waals surface area contributed by atoms with Gasteiger partial charge >= 0.3 is 0 Å². The van der Waals surface area contributed by atoms with Crippen molar-refractivity contribution in [2.24, 2.45) is 0 Å². The summed E-state index contributed by atoms with van der Waals surface area (Å²) in [6.07, 6.45) is 0.863. The molecule has 0 fully saturated rings. The monoisotopic (exact) mass is 512 g/mol. The molecule has 2 amide bonds. The third kappa shape index (κ3) is 6.58. The van der Waals surface area contributed by atoms with Gasteiger partial charge < -0.3 is 15.0 Å². The van der Waals surface area contributed by atoms with Gasteiger partial charge in [-0.3, -0.25) is 24.0 Å². The molecule has 0 saturated heterocycles. The van der Waals surface area contributed by atoms with Crippen LogP contribution in [0.15, 0.2) is 42.5 Å². The van der Waals surface area contributed by atoms with E-state index in [2.05, 4.69) is 5.32 Å². The molecule has 0 spiro atoms. The van der Waals surface area contributed by atoms with Gasteiger partial charge in [0.25, 0.3) is 5.69 Å². The zero-order chi connectivity index (χ0) is 25.6. The molecule has 0 saturated carbocycles. The molecule has 34 heavy (non-hydrogen) atoms. The fourth-order valence-electron chi connectivity index (χ4n) is 3.21. The Kier molecular flexibility index (Phi) is 8.82. The minimum Gasteiger partial charge on any atom is -0.495 e. The molecule has 0 radical (unpaired) electrons. The molecule has 2 aromatic rings. The first-order valence-electron chi connectivity index (χ1n) is 9.94. The number of nitro benzene ring substituents is 1. The summed E-state index contributed by atoms with van der Waals surface area (Å²) >= 11 is 6.04. The number of nitro groups is 1. The van der Waals surface area contributed by atoms with Crippen molar-refractivity contribution in [2.45, 2.75) is 19.5 Å². The Balaban J connectivity index is 2.51. The molecule has 1 atom stereocenters. The summed E-state index contributed by atoms with van der Waals surface area (Å²) in [5.74, 6) is -1.16. The SMILES string of the molecule is CNC(=O)C(C)N(Cc1cccc(Cl)c1)C(=O)CN(c1cc([N+](=O)[O-])ccc1OC)S(C)(=O)=O. The maximum atomic E-state index is 13.4. The van der Waals surface area contributed by atoms with Gasteiger partial charge in [0.05, 0.1) is 18.3 Å². The highest BCUT2D eigenvalue weighted by Crippen LogP contribution is 2.33. The number of carbonyl (C=O) groups excluding carboxylic acids is 2. The van der Waals surface area contributed by atoms with Crippen LogP contribution >= 0.6 is 11.6 Å². The van der Waals surface area contributed by atoms with Crippen molar-refractivity contribution in [3.63, 3.8) is 0 Å². The Hall–Kier alpha value is -3.38. The van der Waals surface area contributed by atoms with Crippen molar-refractivity contribution in [1.29, 1.82) is 0 Å². The number of non-ortho nitro benzene ring substituents is 1. The summed E-state index contributed by atoms with van der Waals surface area (Å²) in [5.41, 5.74) is 0.0599. The van der Waals surface area contributed by atoms with E-state index in [-0.39, 0.29) is 23.7 Å². The molecule has 0 aromatic heterocycles. The molecule has 2 rings (SSSR count). The van der Waals surface area contributed by atoms with E-state index in [1.807, 2.05) is 0 Å². The van der Waals surface area contributed by atoms with Gasteiger partial charge in [0.15, 0.2) is 0 Å². The van der Waals surface area contributed by atoms with Crippen LogP contribution in [0.3, 0.4) is 0 Å². The summed E-state index contributed by atoms with van der Waals surface area (Å²) in [7, 11) is -1.41. The number of hydrogen-bond acceptors (Lipinski definition) is 7. The number of anilines is 1. The first kappa shape index (κ1) is 26.9. The Morgan fingerprint density at radius 2 is 1.91 bits per heavy atom. The fourth-order valence-corrected chi connectivity index (χ4v) is 4.26. The molecule has 0 aliphatic heterocycles. The van der Waals surface area contributed by atoms with Gasteiger partial charge in [-0.2, -0.15) is 0 Å². The lowest BCUT2D eigenvalue weighted by Crippen LogP contribution is -2.50. The number of halogens is 1. The molecule has 11 nitrogen and oxygen atoms in total. The largest absolute Gasteiger partial charge is 0.495 e. The van der Waals surface area contributed by atoms with Gasteiger partial charge in [0, 0.05) is 30.7 Å². The summed E-state index contributed by atoms with van der Waals surface area (Å²) in [6.45, 7) is 0.746. The van der Waals surface area contributed by atoms with E-state index in [1.54, 1.807) is 24.3 Å². The number of benzene rings is 2. The molecular weight excluding hydrogens is 488 g/mol. The smallest absolute Gasteiger partial charge is 0.271 e. The Bertz CT molecular complexity index is 1190. The number of methoxy groups -OCH3 is 1. The molecule has 1 N–H and O–H groups in total. The van der Waals surface area contributed by atoms with Crippen LogP contribution in [-0.2, 0) is 26.2 Å². The van der Waals surface area contributed by atoms with Crippen molar-refractivity contribution in [2.75, 3.05) is 31.3 Å². The molecule has 0 aliphatic carbocycles. The third-order valence-electron chi connectivity index (χ3n) is 4.98. The summed E-state index contributed by atoms with van der Waals surface area (Å²) in [5, 5.41) is 14.1. The van der Waals surface area contributed by atoms with Crippen molar-refractivity contribution in [3.8, 4) is 5.75 Å². The lowest BCUT2D eigenvalue weighted by molar-refractivity contribution is -0.384. The van der Waals surface area contributed by atoms with Crippen LogP contribution in [0.4, 0.5) is 11.4 Å². The maximum absolute atomic E-state index is 13.4. The number of amides is 2. The normalized spacial score (nSPS) is 11.9. The maximum Gasteiger partial charge on any atom is 0.271 e. The van der Waals surface area contributed by atoms with Gasteiger partial charge in [-0.05, 0) is 30.7 Å². The highest BCUT2D eigenvalue weighted by molar-refractivity contribution is 7.92. The van der Waals surface area contributed by atoms with E-state index < -0.39 is 39.3 Å². The summed E-state index contributed by atoms with van der Waals surface area (Å²) < 4.78 is 31.2. The quantitative estimate of drug-likeness (QED) is 0.380. The van der Waals surface area contributed by atoms with E-state index in [4.69, 9.17) is 16.3 Å². The highest BCUT2D eigenvalue weighted by Gasteiger charge is 2.31. The molecular formula is C21H25ClN4O7S. The van der Waals surface area contributed by atoms with Crippen LogP contribution < -0.4 is 14.4 Å². The first-order chi connectivity index (χ1) is 15.9. The zero-order valence-corrected chi connectivity index (χ0v) is 20.6. The van der Waals surface area contributed by atoms with Gasteiger partial charge in [-0.25, -0.2) is 8.42 Å². The standard InChI is InChI=1S/C21H25ClN4O7S/c1-14(21(28)23-2)24(12-15-6-5-7-16(22)10-15)20(27)13-25(34(4,31)32)18-11-17(26(29)30)8-9-19(18)33-3/h5-11,14H,12-13H2,1-4H3,(H,23,28). The van der Waals surface area contributed by atoms with E-state index in [9.17, 15) is 28.1 Å². The number of carbonyl (C=O) groups is 2. The number of likely N-dealkylation sites (N-methyl/N-ethyl adjacent to an activating group) is 1. The molecule has 0 aliphatic rings. The van der Waals surface area contributed by atoms with E-state index in [0.29, 0.717) is 14.9 Å². The molecule has 184 valence electrons. The van der Waals surface area contributed by atoms with Crippen LogP contribution in [0.5, 0.6) is 5.75 Å².